The number of amides is 1. The lowest BCUT2D eigenvalue weighted by Gasteiger charge is -2.15. The summed E-state index contributed by atoms with van der Waals surface area (Å²) in [5.41, 5.74) is -3.53. The number of nitrogens with one attached hydrogen (secondary N) is 1. The molecule has 0 heterocycles. The van der Waals surface area contributed by atoms with Crippen molar-refractivity contribution < 1.29 is 31.1 Å². The van der Waals surface area contributed by atoms with Crippen molar-refractivity contribution in [1.29, 1.82) is 0 Å². The van der Waals surface area contributed by atoms with E-state index in [2.05, 4.69) is 15.9 Å². The fourth-order valence-corrected chi connectivity index (χ4v) is 1.38. The van der Waals surface area contributed by atoms with E-state index < -0.39 is 39.9 Å². The smallest absolute Gasteiger partial charge is 0.325 e. The van der Waals surface area contributed by atoms with E-state index in [-0.39, 0.29) is 6.07 Å². The molecule has 1 unspecified atom stereocenters. The minimum Gasteiger partial charge on any atom is -0.325 e. The van der Waals surface area contributed by atoms with Gasteiger partial charge >= 0.3 is 12.4 Å². The lowest BCUT2D eigenvalue weighted by atomic mass is 10.1. The molecule has 0 aliphatic heterocycles. The zero-order valence-electron chi connectivity index (χ0n) is 9.86. The SMILES string of the molecule is CC(Br)C(=O)Nc1cc(C(F)(F)F)cc(C(F)(F)F)c1. The van der Waals surface area contributed by atoms with Crippen molar-refractivity contribution in [3.63, 3.8) is 0 Å². The second-order valence-corrected chi connectivity index (χ2v) is 5.27. The molecular formula is C11H8BrF6NO. The third-order valence-corrected chi connectivity index (χ3v) is 2.63. The molecule has 1 aromatic rings. The van der Waals surface area contributed by atoms with Crippen LogP contribution in [-0.2, 0) is 17.1 Å². The normalized spacial score (nSPS) is 14.0. The quantitative estimate of drug-likeness (QED) is 0.610. The molecule has 0 aliphatic carbocycles. The predicted octanol–water partition coefficient (Wildman–Crippen LogP) is 4.45. The third kappa shape index (κ3) is 4.39. The highest BCUT2D eigenvalue weighted by molar-refractivity contribution is 9.10. The molecule has 0 fully saturated rings. The minimum absolute atomic E-state index is 0.00673. The molecule has 0 aromatic heterocycles. The Hall–Kier alpha value is -1.25. The van der Waals surface area contributed by atoms with Gasteiger partial charge in [0.05, 0.1) is 16.0 Å². The molecular weight excluding hydrogens is 356 g/mol. The number of hydrogen-bond donors (Lipinski definition) is 1. The summed E-state index contributed by atoms with van der Waals surface area (Å²) in [5, 5.41) is 1.98. The molecule has 0 saturated heterocycles. The Morgan fingerprint density at radius 1 is 1.05 bits per heavy atom. The molecule has 0 saturated carbocycles. The van der Waals surface area contributed by atoms with Gasteiger partial charge in [-0.3, -0.25) is 4.79 Å². The Balaban J connectivity index is 3.28. The van der Waals surface area contributed by atoms with E-state index in [9.17, 15) is 31.1 Å². The van der Waals surface area contributed by atoms with E-state index in [0.717, 1.165) is 0 Å². The summed E-state index contributed by atoms with van der Waals surface area (Å²) in [6.45, 7) is 1.38. The summed E-state index contributed by atoms with van der Waals surface area (Å²) >= 11 is 2.86. The number of alkyl halides is 7. The van der Waals surface area contributed by atoms with Crippen molar-refractivity contribution in [3.05, 3.63) is 29.3 Å². The van der Waals surface area contributed by atoms with Crippen LogP contribution < -0.4 is 5.32 Å². The van der Waals surface area contributed by atoms with Crippen LogP contribution in [0, 0.1) is 0 Å². The van der Waals surface area contributed by atoms with Crippen molar-refractivity contribution in [2.75, 3.05) is 5.32 Å². The van der Waals surface area contributed by atoms with Gasteiger partial charge in [0.25, 0.3) is 0 Å². The fraction of sp³-hybridized carbons (Fsp3) is 0.364. The van der Waals surface area contributed by atoms with Crippen LogP contribution in [0.5, 0.6) is 0 Å². The lowest BCUT2D eigenvalue weighted by Crippen LogP contribution is -2.21. The van der Waals surface area contributed by atoms with Crippen molar-refractivity contribution in [2.45, 2.75) is 24.1 Å². The molecule has 0 bridgehead atoms. The second-order valence-electron chi connectivity index (χ2n) is 3.90. The first-order valence-electron chi connectivity index (χ1n) is 5.15. The standard InChI is InChI=1S/C11H8BrF6NO/c1-5(12)9(20)19-8-3-6(10(13,14)15)2-7(4-8)11(16,17)18/h2-5H,1H3,(H,19,20). The van der Waals surface area contributed by atoms with E-state index in [1.165, 1.54) is 6.92 Å². The molecule has 1 amide bonds. The molecule has 9 heteroatoms. The summed E-state index contributed by atoms with van der Waals surface area (Å²) in [6.07, 6.45) is -9.89. The van der Waals surface area contributed by atoms with E-state index >= 15 is 0 Å². The predicted molar refractivity (Wildman–Crippen MR) is 63.5 cm³/mol. The Morgan fingerprint density at radius 3 is 1.75 bits per heavy atom. The van der Waals surface area contributed by atoms with Crippen LogP contribution in [0.1, 0.15) is 18.1 Å². The molecule has 2 nitrogen and oxygen atoms in total. The highest BCUT2D eigenvalue weighted by atomic mass is 79.9. The van der Waals surface area contributed by atoms with E-state index in [0.29, 0.717) is 12.1 Å². The Labute approximate surface area is 118 Å². The molecule has 1 N–H and O–H groups in total. The highest BCUT2D eigenvalue weighted by Crippen LogP contribution is 2.37. The summed E-state index contributed by atoms with van der Waals surface area (Å²) in [7, 11) is 0. The number of anilines is 1. The maximum Gasteiger partial charge on any atom is 0.416 e. The zero-order chi connectivity index (χ0) is 15.7. The van der Waals surface area contributed by atoms with Gasteiger partial charge in [0.1, 0.15) is 0 Å². The Bertz CT molecular complexity index is 476. The monoisotopic (exact) mass is 363 g/mol. The van der Waals surface area contributed by atoms with Gasteiger partial charge in [0, 0.05) is 5.69 Å². The molecule has 112 valence electrons. The fourth-order valence-electron chi connectivity index (χ4n) is 1.27. The van der Waals surface area contributed by atoms with Crippen molar-refractivity contribution in [3.8, 4) is 0 Å². The van der Waals surface area contributed by atoms with Crippen LogP contribution in [0.3, 0.4) is 0 Å². The number of benzene rings is 1. The van der Waals surface area contributed by atoms with Gasteiger partial charge < -0.3 is 5.32 Å². The summed E-state index contributed by atoms with van der Waals surface area (Å²) in [4.78, 5) is 10.6. The van der Waals surface area contributed by atoms with Gasteiger partial charge in [-0.25, -0.2) is 0 Å². The largest absolute Gasteiger partial charge is 0.416 e. The Kier molecular flexibility index (Phi) is 4.73. The number of rotatable bonds is 2. The van der Waals surface area contributed by atoms with Crippen LogP contribution in [0.25, 0.3) is 0 Å². The third-order valence-electron chi connectivity index (χ3n) is 2.22. The lowest BCUT2D eigenvalue weighted by molar-refractivity contribution is -0.143. The van der Waals surface area contributed by atoms with Gasteiger partial charge in [-0.15, -0.1) is 0 Å². The highest BCUT2D eigenvalue weighted by Gasteiger charge is 2.37. The number of hydrogen-bond acceptors (Lipinski definition) is 1. The van der Waals surface area contributed by atoms with Gasteiger partial charge in [0.2, 0.25) is 5.91 Å². The van der Waals surface area contributed by atoms with E-state index in [1.807, 2.05) is 5.32 Å². The van der Waals surface area contributed by atoms with Crippen molar-refractivity contribution >= 4 is 27.5 Å². The zero-order valence-corrected chi connectivity index (χ0v) is 11.4. The van der Waals surface area contributed by atoms with E-state index in [1.54, 1.807) is 0 Å². The first-order chi connectivity index (χ1) is 8.91. The maximum atomic E-state index is 12.5. The number of halogens is 7. The van der Waals surface area contributed by atoms with Crippen LogP contribution in [0.2, 0.25) is 0 Å². The number of carbonyl (C=O) groups is 1. The summed E-state index contributed by atoms with van der Waals surface area (Å²) < 4.78 is 75.3. The topological polar surface area (TPSA) is 29.1 Å². The molecule has 0 radical (unpaired) electrons. The van der Waals surface area contributed by atoms with Gasteiger partial charge in [-0.05, 0) is 25.1 Å². The van der Waals surface area contributed by atoms with Crippen LogP contribution >= 0.6 is 15.9 Å². The molecule has 0 spiro atoms. The first kappa shape index (κ1) is 16.8. The van der Waals surface area contributed by atoms with Crippen LogP contribution in [-0.4, -0.2) is 10.7 Å². The average Bonchev–Trinajstić information content (AvgIpc) is 2.26. The van der Waals surface area contributed by atoms with Gasteiger partial charge in [0.15, 0.2) is 0 Å². The van der Waals surface area contributed by atoms with E-state index in [4.69, 9.17) is 0 Å². The molecule has 1 atom stereocenters. The molecule has 0 aliphatic rings. The van der Waals surface area contributed by atoms with Crippen molar-refractivity contribution in [1.82, 2.24) is 0 Å². The molecule has 1 rings (SSSR count). The van der Waals surface area contributed by atoms with Crippen LogP contribution in [0.4, 0.5) is 32.0 Å². The van der Waals surface area contributed by atoms with Crippen molar-refractivity contribution in [2.24, 2.45) is 0 Å². The van der Waals surface area contributed by atoms with Crippen LogP contribution in [0.15, 0.2) is 18.2 Å². The molecule has 1 aromatic carbocycles. The minimum atomic E-state index is -4.94. The average molecular weight is 364 g/mol. The van der Waals surface area contributed by atoms with Gasteiger partial charge in [-0.1, -0.05) is 15.9 Å². The molecule has 20 heavy (non-hydrogen) atoms. The Morgan fingerprint density at radius 2 is 1.45 bits per heavy atom. The maximum absolute atomic E-state index is 12.5. The number of carbonyl (C=O) groups excluding carboxylic acids is 1. The van der Waals surface area contributed by atoms with Gasteiger partial charge in [-0.2, -0.15) is 26.3 Å². The summed E-state index contributed by atoms with van der Waals surface area (Å²) in [6, 6.07) is 0.887. The second kappa shape index (κ2) is 5.63. The first-order valence-corrected chi connectivity index (χ1v) is 6.07. The summed E-state index contributed by atoms with van der Waals surface area (Å²) in [5.74, 6) is -0.752.